The van der Waals surface area contributed by atoms with Gasteiger partial charge in [-0.25, -0.2) is 4.57 Å². The average Bonchev–Trinajstić information content (AvgIpc) is 2.34. The lowest BCUT2D eigenvalue weighted by molar-refractivity contribution is 0.233. The van der Waals surface area contributed by atoms with E-state index in [0.29, 0.717) is 24.4 Å². The minimum Gasteiger partial charge on any atom is -0.424 e. The molecule has 19 heavy (non-hydrogen) atoms. The van der Waals surface area contributed by atoms with Gasteiger partial charge < -0.3 is 4.52 Å². The summed E-state index contributed by atoms with van der Waals surface area (Å²) in [5, 5.41) is 0. The maximum Gasteiger partial charge on any atom is 0.379 e. The van der Waals surface area contributed by atoms with E-state index in [2.05, 4.69) is 6.92 Å². The molecule has 1 aromatic rings. The van der Waals surface area contributed by atoms with Crippen molar-refractivity contribution in [3.8, 4) is 5.75 Å². The largest absolute Gasteiger partial charge is 0.424 e. The van der Waals surface area contributed by atoms with Crippen molar-refractivity contribution in [3.05, 3.63) is 29.8 Å². The van der Waals surface area contributed by atoms with Gasteiger partial charge in [-0.3, -0.25) is 4.52 Å². The molecule has 0 spiro atoms. The minimum atomic E-state index is -3.03. The van der Waals surface area contributed by atoms with E-state index in [1.165, 1.54) is 0 Å². The summed E-state index contributed by atoms with van der Waals surface area (Å²) in [5.74, 6) is 0.972. The second kappa shape index (κ2) is 7.72. The number of rotatable bonds is 8. The molecule has 0 fully saturated rings. The van der Waals surface area contributed by atoms with E-state index in [4.69, 9.17) is 9.05 Å². The van der Waals surface area contributed by atoms with Gasteiger partial charge in [0.1, 0.15) is 5.75 Å². The molecule has 0 N–H and O–H groups in total. The van der Waals surface area contributed by atoms with Crippen molar-refractivity contribution in [2.24, 2.45) is 5.92 Å². The Balaban J connectivity index is 2.75. The molecule has 4 heteroatoms. The summed E-state index contributed by atoms with van der Waals surface area (Å²) in [5.41, 5.74) is 1.09. The monoisotopic (exact) mass is 284 g/mol. The predicted octanol–water partition coefficient (Wildman–Crippen LogP) is 5.04. The maximum absolute atomic E-state index is 12.7. The van der Waals surface area contributed by atoms with Crippen LogP contribution in [0.4, 0.5) is 0 Å². The fourth-order valence-electron chi connectivity index (χ4n) is 1.58. The summed E-state index contributed by atoms with van der Waals surface area (Å²) in [4.78, 5) is 0. The van der Waals surface area contributed by atoms with Gasteiger partial charge in [-0.15, -0.1) is 0 Å². The molecule has 0 saturated heterocycles. The second-order valence-corrected chi connectivity index (χ2v) is 7.40. The first-order valence-corrected chi connectivity index (χ1v) is 8.68. The van der Waals surface area contributed by atoms with E-state index >= 15 is 0 Å². The highest BCUT2D eigenvalue weighted by molar-refractivity contribution is 7.54. The third kappa shape index (κ3) is 6.26. The Bertz CT molecular complexity index is 429. The van der Waals surface area contributed by atoms with Crippen molar-refractivity contribution < 1.29 is 13.6 Å². The van der Waals surface area contributed by atoms with E-state index in [-0.39, 0.29) is 0 Å². The van der Waals surface area contributed by atoms with Crippen LogP contribution in [0.25, 0.3) is 0 Å². The fourth-order valence-corrected chi connectivity index (χ4v) is 3.52. The van der Waals surface area contributed by atoms with Gasteiger partial charge in [-0.2, -0.15) is 0 Å². The van der Waals surface area contributed by atoms with Gasteiger partial charge in [0.25, 0.3) is 0 Å². The van der Waals surface area contributed by atoms with E-state index < -0.39 is 7.60 Å². The zero-order valence-corrected chi connectivity index (χ0v) is 13.3. The summed E-state index contributed by atoms with van der Waals surface area (Å²) < 4.78 is 24.0. The van der Waals surface area contributed by atoms with Crippen LogP contribution < -0.4 is 4.52 Å². The summed E-state index contributed by atoms with van der Waals surface area (Å²) in [6, 6.07) is 7.59. The highest BCUT2D eigenvalue weighted by Crippen LogP contribution is 2.49. The lowest BCUT2D eigenvalue weighted by atomic mass is 10.2. The van der Waals surface area contributed by atoms with E-state index in [0.717, 1.165) is 18.4 Å². The van der Waals surface area contributed by atoms with Crippen LogP contribution >= 0.6 is 7.60 Å². The molecule has 1 aromatic carbocycles. The summed E-state index contributed by atoms with van der Waals surface area (Å²) in [7, 11) is -3.03. The molecule has 3 nitrogen and oxygen atoms in total. The molecule has 1 atom stereocenters. The van der Waals surface area contributed by atoms with Crippen LogP contribution in [-0.4, -0.2) is 12.8 Å². The van der Waals surface area contributed by atoms with Crippen LogP contribution in [0, 0.1) is 12.8 Å². The zero-order chi connectivity index (χ0) is 14.3. The summed E-state index contributed by atoms with van der Waals surface area (Å²) in [6.45, 7) is 8.60. The van der Waals surface area contributed by atoms with Gasteiger partial charge >= 0.3 is 7.60 Å². The first-order valence-electron chi connectivity index (χ1n) is 6.95. The SMILES string of the molecule is CCCCP(=O)(OCC(C)C)Oc1cccc(C)c1. The molecule has 0 bridgehead atoms. The molecule has 0 saturated carbocycles. The smallest absolute Gasteiger partial charge is 0.379 e. The fraction of sp³-hybridized carbons (Fsp3) is 0.600. The molecule has 0 aromatic heterocycles. The molecule has 0 amide bonds. The number of aryl methyl sites for hydroxylation is 1. The number of unbranched alkanes of at least 4 members (excludes halogenated alkanes) is 1. The van der Waals surface area contributed by atoms with Crippen LogP contribution in [0.2, 0.25) is 0 Å². The highest BCUT2D eigenvalue weighted by atomic mass is 31.2. The quantitative estimate of drug-likeness (QED) is 0.627. The third-order valence-electron chi connectivity index (χ3n) is 2.62. The lowest BCUT2D eigenvalue weighted by Gasteiger charge is -2.20. The van der Waals surface area contributed by atoms with E-state index in [1.54, 1.807) is 0 Å². The van der Waals surface area contributed by atoms with E-state index in [1.807, 2.05) is 45.0 Å². The van der Waals surface area contributed by atoms with Gasteiger partial charge in [0.2, 0.25) is 0 Å². The van der Waals surface area contributed by atoms with Crippen molar-refractivity contribution in [2.45, 2.75) is 40.5 Å². The highest BCUT2D eigenvalue weighted by Gasteiger charge is 2.26. The Morgan fingerprint density at radius 3 is 2.63 bits per heavy atom. The van der Waals surface area contributed by atoms with Crippen LogP contribution in [0.1, 0.15) is 39.2 Å². The second-order valence-electron chi connectivity index (χ2n) is 5.29. The number of hydrogen-bond acceptors (Lipinski definition) is 3. The Morgan fingerprint density at radius 2 is 2.05 bits per heavy atom. The van der Waals surface area contributed by atoms with Gasteiger partial charge in [0, 0.05) is 0 Å². The summed E-state index contributed by atoms with van der Waals surface area (Å²) >= 11 is 0. The molecular weight excluding hydrogens is 259 g/mol. The van der Waals surface area contributed by atoms with Crippen molar-refractivity contribution in [2.75, 3.05) is 12.8 Å². The molecule has 1 rings (SSSR count). The first kappa shape index (κ1) is 16.3. The predicted molar refractivity (Wildman–Crippen MR) is 80.0 cm³/mol. The molecule has 1 unspecified atom stereocenters. The van der Waals surface area contributed by atoms with Gasteiger partial charge in [0.15, 0.2) is 0 Å². The Hall–Kier alpha value is -0.790. The van der Waals surface area contributed by atoms with Gasteiger partial charge in [-0.1, -0.05) is 39.3 Å². The third-order valence-corrected chi connectivity index (χ3v) is 4.52. The molecule has 108 valence electrons. The van der Waals surface area contributed by atoms with Gasteiger partial charge in [-0.05, 0) is 37.0 Å². The summed E-state index contributed by atoms with van der Waals surface area (Å²) in [6.07, 6.45) is 2.30. The molecule has 0 aliphatic rings. The maximum atomic E-state index is 12.7. The van der Waals surface area contributed by atoms with Gasteiger partial charge in [0.05, 0.1) is 12.8 Å². The van der Waals surface area contributed by atoms with Crippen LogP contribution in [0.3, 0.4) is 0 Å². The van der Waals surface area contributed by atoms with Crippen molar-refractivity contribution in [3.63, 3.8) is 0 Å². The van der Waals surface area contributed by atoms with Crippen molar-refractivity contribution >= 4 is 7.60 Å². The first-order chi connectivity index (χ1) is 8.95. The number of hydrogen-bond donors (Lipinski definition) is 0. The standard InChI is InChI=1S/C15H25O3P/c1-5-6-10-19(16,17-12-13(2)3)18-15-9-7-8-14(4)11-15/h7-9,11,13H,5-6,10,12H2,1-4H3. The Morgan fingerprint density at radius 1 is 1.32 bits per heavy atom. The topological polar surface area (TPSA) is 35.5 Å². The normalized spacial score (nSPS) is 14.4. The van der Waals surface area contributed by atoms with E-state index in [9.17, 15) is 4.57 Å². The number of benzene rings is 1. The van der Waals surface area contributed by atoms with Crippen LogP contribution in [-0.2, 0) is 9.09 Å². The van der Waals surface area contributed by atoms with Crippen molar-refractivity contribution in [1.29, 1.82) is 0 Å². The van der Waals surface area contributed by atoms with Crippen molar-refractivity contribution in [1.82, 2.24) is 0 Å². The van der Waals surface area contributed by atoms with Crippen LogP contribution in [0.15, 0.2) is 24.3 Å². The molecular formula is C15H25O3P. The zero-order valence-electron chi connectivity index (χ0n) is 12.4. The van der Waals surface area contributed by atoms with Crippen LogP contribution in [0.5, 0.6) is 5.75 Å². The minimum absolute atomic E-state index is 0.344. The molecule has 0 aliphatic carbocycles. The Kier molecular flexibility index (Phi) is 6.60. The molecule has 0 aliphatic heterocycles. The average molecular weight is 284 g/mol. The Labute approximate surface area is 116 Å². The molecule has 0 radical (unpaired) electrons. The molecule has 0 heterocycles. The lowest BCUT2D eigenvalue weighted by Crippen LogP contribution is -2.07.